The van der Waals surface area contributed by atoms with Crippen LogP contribution in [0.25, 0.3) is 0 Å². The predicted molar refractivity (Wildman–Crippen MR) is 74.8 cm³/mol. The first kappa shape index (κ1) is 13.5. The van der Waals surface area contributed by atoms with Crippen molar-refractivity contribution in [3.8, 4) is 0 Å². The van der Waals surface area contributed by atoms with Crippen LogP contribution in [-0.2, 0) is 0 Å². The lowest BCUT2D eigenvalue weighted by Crippen LogP contribution is -2.36. The highest BCUT2D eigenvalue weighted by atomic mass is 15.2. The van der Waals surface area contributed by atoms with E-state index in [4.69, 9.17) is 5.84 Å². The molecule has 1 atom stereocenters. The molecule has 1 unspecified atom stereocenters. The highest BCUT2D eigenvalue weighted by Gasteiger charge is 2.28. The number of hydrazine groups is 1. The van der Waals surface area contributed by atoms with E-state index in [1.807, 2.05) is 12.3 Å². The fourth-order valence-electron chi connectivity index (χ4n) is 3.23. The number of aryl methyl sites for hydroxylation is 1. The quantitative estimate of drug-likeness (QED) is 0.635. The first-order chi connectivity index (χ1) is 8.76. The van der Waals surface area contributed by atoms with Gasteiger partial charge in [0.25, 0.3) is 0 Å². The van der Waals surface area contributed by atoms with Crippen molar-refractivity contribution in [3.05, 3.63) is 29.6 Å². The Balaban J connectivity index is 2.08. The maximum absolute atomic E-state index is 5.79. The molecule has 0 spiro atoms. The fourth-order valence-corrected chi connectivity index (χ4v) is 3.23. The number of nitrogens with one attached hydrogen (secondary N) is 1. The number of pyridine rings is 1. The van der Waals surface area contributed by atoms with Gasteiger partial charge in [0.05, 0.1) is 6.04 Å². The first-order valence-electron chi connectivity index (χ1n) is 7.13. The molecule has 3 nitrogen and oxygen atoms in total. The minimum atomic E-state index is 0.261. The third-order valence-electron chi connectivity index (χ3n) is 4.50. The zero-order valence-corrected chi connectivity index (χ0v) is 11.5. The van der Waals surface area contributed by atoms with Gasteiger partial charge in [0.1, 0.15) is 0 Å². The molecule has 0 aliphatic heterocycles. The van der Waals surface area contributed by atoms with Crippen molar-refractivity contribution < 1.29 is 0 Å². The standard InChI is InChI=1S/C15H25N3/c1-3-12-6-8-13(9-7-12)15(18-16)14-5-4-10-17-11(14)2/h4-5,10,12-13,15,18H,3,6-9,16H2,1-2H3. The summed E-state index contributed by atoms with van der Waals surface area (Å²) in [7, 11) is 0. The van der Waals surface area contributed by atoms with Gasteiger partial charge >= 0.3 is 0 Å². The molecule has 3 heteroatoms. The first-order valence-corrected chi connectivity index (χ1v) is 7.13. The Kier molecular flexibility index (Phi) is 4.72. The summed E-state index contributed by atoms with van der Waals surface area (Å²) < 4.78 is 0. The third-order valence-corrected chi connectivity index (χ3v) is 4.50. The summed E-state index contributed by atoms with van der Waals surface area (Å²) in [6.07, 6.45) is 8.42. The minimum absolute atomic E-state index is 0.261. The lowest BCUT2D eigenvalue weighted by molar-refractivity contribution is 0.219. The molecule has 1 aromatic heterocycles. The van der Waals surface area contributed by atoms with Gasteiger partial charge in [-0.25, -0.2) is 0 Å². The van der Waals surface area contributed by atoms with Crippen LogP contribution in [0.4, 0.5) is 0 Å². The molecule has 1 saturated carbocycles. The van der Waals surface area contributed by atoms with Crippen LogP contribution in [0.15, 0.2) is 18.3 Å². The number of hydrogen-bond acceptors (Lipinski definition) is 3. The van der Waals surface area contributed by atoms with Crippen molar-refractivity contribution in [1.82, 2.24) is 10.4 Å². The smallest absolute Gasteiger partial charge is 0.0506 e. The summed E-state index contributed by atoms with van der Waals surface area (Å²) in [5, 5.41) is 0. The molecule has 0 saturated heterocycles. The minimum Gasteiger partial charge on any atom is -0.271 e. The van der Waals surface area contributed by atoms with E-state index in [1.165, 1.54) is 37.7 Å². The van der Waals surface area contributed by atoms with Crippen LogP contribution in [0.5, 0.6) is 0 Å². The molecule has 100 valence electrons. The van der Waals surface area contributed by atoms with Gasteiger partial charge in [0.2, 0.25) is 0 Å². The van der Waals surface area contributed by atoms with Crippen molar-refractivity contribution in [3.63, 3.8) is 0 Å². The second kappa shape index (κ2) is 6.30. The summed E-state index contributed by atoms with van der Waals surface area (Å²) in [5.41, 5.74) is 5.38. The lowest BCUT2D eigenvalue weighted by atomic mass is 9.76. The summed E-state index contributed by atoms with van der Waals surface area (Å²) in [6, 6.07) is 4.42. The van der Waals surface area contributed by atoms with Crippen LogP contribution in [0.2, 0.25) is 0 Å². The van der Waals surface area contributed by atoms with Crippen LogP contribution < -0.4 is 11.3 Å². The molecule has 0 bridgehead atoms. The normalized spacial score (nSPS) is 25.9. The molecular formula is C15H25N3. The van der Waals surface area contributed by atoms with Crippen molar-refractivity contribution >= 4 is 0 Å². The molecule has 1 fully saturated rings. The van der Waals surface area contributed by atoms with E-state index in [9.17, 15) is 0 Å². The second-order valence-electron chi connectivity index (χ2n) is 5.51. The molecule has 0 radical (unpaired) electrons. The molecular weight excluding hydrogens is 222 g/mol. The third kappa shape index (κ3) is 2.90. The molecule has 2 rings (SSSR count). The largest absolute Gasteiger partial charge is 0.271 e. The number of hydrogen-bond donors (Lipinski definition) is 2. The van der Waals surface area contributed by atoms with E-state index in [1.54, 1.807) is 0 Å². The number of rotatable bonds is 4. The van der Waals surface area contributed by atoms with Crippen LogP contribution in [0.1, 0.15) is 56.3 Å². The van der Waals surface area contributed by atoms with Crippen LogP contribution in [0, 0.1) is 18.8 Å². The van der Waals surface area contributed by atoms with Gasteiger partial charge in [-0.1, -0.05) is 32.3 Å². The topological polar surface area (TPSA) is 50.9 Å². The van der Waals surface area contributed by atoms with E-state index >= 15 is 0 Å². The Morgan fingerprint density at radius 2 is 2.11 bits per heavy atom. The van der Waals surface area contributed by atoms with E-state index < -0.39 is 0 Å². The Morgan fingerprint density at radius 3 is 2.67 bits per heavy atom. The van der Waals surface area contributed by atoms with Gasteiger partial charge in [-0.05, 0) is 43.2 Å². The number of aromatic nitrogens is 1. The molecule has 18 heavy (non-hydrogen) atoms. The molecule has 1 aromatic rings. The van der Waals surface area contributed by atoms with Gasteiger partial charge in [-0.15, -0.1) is 0 Å². The van der Waals surface area contributed by atoms with Crippen LogP contribution in [0.3, 0.4) is 0 Å². The van der Waals surface area contributed by atoms with E-state index in [-0.39, 0.29) is 6.04 Å². The van der Waals surface area contributed by atoms with Crippen molar-refractivity contribution in [2.24, 2.45) is 17.7 Å². The number of nitrogens with two attached hydrogens (primary N) is 1. The van der Waals surface area contributed by atoms with E-state index in [2.05, 4.69) is 30.3 Å². The van der Waals surface area contributed by atoms with Crippen molar-refractivity contribution in [2.75, 3.05) is 0 Å². The predicted octanol–water partition coefficient (Wildman–Crippen LogP) is 3.11. The average molecular weight is 247 g/mol. The summed E-state index contributed by atoms with van der Waals surface area (Å²) in [5.74, 6) is 7.37. The fraction of sp³-hybridized carbons (Fsp3) is 0.667. The molecule has 0 aromatic carbocycles. The van der Waals surface area contributed by atoms with Crippen molar-refractivity contribution in [1.29, 1.82) is 0 Å². The Morgan fingerprint density at radius 1 is 1.39 bits per heavy atom. The van der Waals surface area contributed by atoms with Gasteiger partial charge in [0, 0.05) is 11.9 Å². The molecule has 0 amide bonds. The number of nitrogens with zero attached hydrogens (tertiary/aromatic N) is 1. The zero-order chi connectivity index (χ0) is 13.0. The Labute approximate surface area is 110 Å². The monoisotopic (exact) mass is 247 g/mol. The maximum Gasteiger partial charge on any atom is 0.0506 e. The molecule has 1 heterocycles. The highest BCUT2D eigenvalue weighted by Crippen LogP contribution is 2.37. The summed E-state index contributed by atoms with van der Waals surface area (Å²) in [4.78, 5) is 4.38. The van der Waals surface area contributed by atoms with Gasteiger partial charge in [-0.3, -0.25) is 16.3 Å². The van der Waals surface area contributed by atoms with E-state index in [0.717, 1.165) is 11.6 Å². The summed E-state index contributed by atoms with van der Waals surface area (Å²) in [6.45, 7) is 4.37. The highest BCUT2D eigenvalue weighted by molar-refractivity contribution is 5.23. The Bertz CT molecular complexity index is 370. The van der Waals surface area contributed by atoms with Crippen molar-refractivity contribution in [2.45, 2.75) is 52.0 Å². The SMILES string of the molecule is CCC1CCC(C(NN)c2cccnc2C)CC1. The van der Waals surface area contributed by atoms with Gasteiger partial charge < -0.3 is 0 Å². The Hall–Kier alpha value is -0.930. The summed E-state index contributed by atoms with van der Waals surface area (Å²) >= 11 is 0. The van der Waals surface area contributed by atoms with Crippen LogP contribution >= 0.6 is 0 Å². The second-order valence-corrected chi connectivity index (χ2v) is 5.51. The van der Waals surface area contributed by atoms with E-state index in [0.29, 0.717) is 5.92 Å². The van der Waals surface area contributed by atoms with Gasteiger partial charge in [0.15, 0.2) is 0 Å². The molecule has 1 aliphatic carbocycles. The lowest BCUT2D eigenvalue weighted by Gasteiger charge is -2.33. The average Bonchev–Trinajstić information content (AvgIpc) is 2.42. The maximum atomic E-state index is 5.79. The van der Waals surface area contributed by atoms with Gasteiger partial charge in [-0.2, -0.15) is 0 Å². The van der Waals surface area contributed by atoms with Crippen LogP contribution in [-0.4, -0.2) is 4.98 Å². The zero-order valence-electron chi connectivity index (χ0n) is 11.5. The molecule has 1 aliphatic rings. The molecule has 3 N–H and O–H groups in total.